The smallest absolute Gasteiger partial charge is 0.225 e. The molecule has 7 heteroatoms. The highest BCUT2D eigenvalue weighted by molar-refractivity contribution is 6.30. The van der Waals surface area contributed by atoms with E-state index in [1.165, 1.54) is 6.92 Å². The molecule has 0 aromatic heterocycles. The summed E-state index contributed by atoms with van der Waals surface area (Å²) in [6, 6.07) is 12.7. The molecule has 1 N–H and O–H groups in total. The number of fused-ring (bicyclic) bond motifs is 1. The molecule has 4 rings (SSSR count). The highest BCUT2D eigenvalue weighted by Crippen LogP contribution is 2.38. The van der Waals surface area contributed by atoms with Crippen molar-refractivity contribution in [2.24, 2.45) is 0 Å². The largest absolute Gasteiger partial charge is 0.486 e. The standard InChI is InChI=1S/C23H25ClN2O4/c1-15(27)25-19(16-4-7-18(24)8-5-16)14-23(28)26-10-2-3-20(26)17-6-9-21-22(13-17)30-12-11-29-21/h4-9,13,19-20H,2-3,10-12,14H2,1H3,(H,25,27)/t19-,20-/m1/s1. The number of carbonyl (C=O) groups excluding carboxylic acids is 2. The number of likely N-dealkylation sites (tertiary alicyclic amines) is 1. The summed E-state index contributed by atoms with van der Waals surface area (Å²) in [4.78, 5) is 26.9. The van der Waals surface area contributed by atoms with Crippen molar-refractivity contribution >= 4 is 23.4 Å². The summed E-state index contributed by atoms with van der Waals surface area (Å²) in [6.07, 6.45) is 2.04. The van der Waals surface area contributed by atoms with Crippen LogP contribution in [-0.2, 0) is 9.59 Å². The van der Waals surface area contributed by atoms with Gasteiger partial charge >= 0.3 is 0 Å². The third kappa shape index (κ3) is 4.54. The molecule has 0 bridgehead atoms. The zero-order chi connectivity index (χ0) is 21.1. The lowest BCUT2D eigenvalue weighted by atomic mass is 10.0. The van der Waals surface area contributed by atoms with Gasteiger partial charge in [-0.05, 0) is 48.2 Å². The van der Waals surface area contributed by atoms with E-state index >= 15 is 0 Å². The number of amides is 2. The normalized spacial score (nSPS) is 18.7. The fourth-order valence-electron chi connectivity index (χ4n) is 4.16. The molecule has 0 radical (unpaired) electrons. The third-order valence-corrected chi connectivity index (χ3v) is 5.80. The van der Waals surface area contributed by atoms with E-state index in [1.54, 1.807) is 12.1 Å². The summed E-state index contributed by atoms with van der Waals surface area (Å²) in [5.41, 5.74) is 1.91. The first-order chi connectivity index (χ1) is 14.5. The Morgan fingerprint density at radius 2 is 1.87 bits per heavy atom. The maximum absolute atomic E-state index is 13.2. The van der Waals surface area contributed by atoms with Gasteiger partial charge in [0.05, 0.1) is 18.5 Å². The van der Waals surface area contributed by atoms with Crippen molar-refractivity contribution in [3.8, 4) is 11.5 Å². The van der Waals surface area contributed by atoms with Crippen molar-refractivity contribution < 1.29 is 19.1 Å². The van der Waals surface area contributed by atoms with Crippen molar-refractivity contribution in [1.82, 2.24) is 10.2 Å². The number of benzene rings is 2. The molecule has 0 aliphatic carbocycles. The Kier molecular flexibility index (Phi) is 6.13. The summed E-state index contributed by atoms with van der Waals surface area (Å²) in [5, 5.41) is 3.52. The number of carbonyl (C=O) groups is 2. The molecule has 2 amide bonds. The minimum Gasteiger partial charge on any atom is -0.486 e. The molecule has 1 saturated heterocycles. The summed E-state index contributed by atoms with van der Waals surface area (Å²) in [7, 11) is 0. The molecule has 0 unspecified atom stereocenters. The lowest BCUT2D eigenvalue weighted by molar-refractivity contribution is -0.133. The molecule has 2 aliphatic heterocycles. The topological polar surface area (TPSA) is 67.9 Å². The molecule has 2 aromatic rings. The second-order valence-corrected chi connectivity index (χ2v) is 8.09. The highest BCUT2D eigenvalue weighted by atomic mass is 35.5. The molecule has 2 atom stereocenters. The van der Waals surface area contributed by atoms with Crippen LogP contribution in [0.2, 0.25) is 5.02 Å². The van der Waals surface area contributed by atoms with Crippen LogP contribution in [0.25, 0.3) is 0 Å². The van der Waals surface area contributed by atoms with Gasteiger partial charge in [-0.1, -0.05) is 29.8 Å². The van der Waals surface area contributed by atoms with E-state index in [9.17, 15) is 9.59 Å². The van der Waals surface area contributed by atoms with Crippen LogP contribution in [0.3, 0.4) is 0 Å². The summed E-state index contributed by atoms with van der Waals surface area (Å²) >= 11 is 5.99. The number of ether oxygens (including phenoxy) is 2. The fraction of sp³-hybridized carbons (Fsp3) is 0.391. The Hall–Kier alpha value is -2.73. The van der Waals surface area contributed by atoms with Crippen molar-refractivity contribution in [2.45, 2.75) is 38.3 Å². The van der Waals surface area contributed by atoms with Crippen molar-refractivity contribution in [3.63, 3.8) is 0 Å². The Morgan fingerprint density at radius 1 is 1.13 bits per heavy atom. The van der Waals surface area contributed by atoms with Gasteiger partial charge in [-0.15, -0.1) is 0 Å². The summed E-state index contributed by atoms with van der Waals surface area (Å²) in [6.45, 7) is 3.24. The van der Waals surface area contributed by atoms with Gasteiger partial charge in [-0.2, -0.15) is 0 Å². The van der Waals surface area contributed by atoms with E-state index in [-0.39, 0.29) is 24.3 Å². The number of halogens is 1. The molecular weight excluding hydrogens is 404 g/mol. The molecule has 0 spiro atoms. The summed E-state index contributed by atoms with van der Waals surface area (Å²) in [5.74, 6) is 1.32. The molecular formula is C23H25ClN2O4. The van der Waals surface area contributed by atoms with E-state index in [1.807, 2.05) is 35.2 Å². The number of nitrogens with zero attached hydrogens (tertiary/aromatic N) is 1. The zero-order valence-corrected chi connectivity index (χ0v) is 17.7. The monoisotopic (exact) mass is 428 g/mol. The van der Waals surface area contributed by atoms with E-state index in [2.05, 4.69) is 5.32 Å². The quantitative estimate of drug-likeness (QED) is 0.780. The van der Waals surface area contributed by atoms with Gasteiger partial charge < -0.3 is 19.7 Å². The van der Waals surface area contributed by atoms with Gasteiger partial charge in [0.2, 0.25) is 11.8 Å². The Bertz CT molecular complexity index is 931. The average molecular weight is 429 g/mol. The third-order valence-electron chi connectivity index (χ3n) is 5.55. The minimum atomic E-state index is -0.395. The molecule has 158 valence electrons. The van der Waals surface area contributed by atoms with Gasteiger partial charge in [0.25, 0.3) is 0 Å². The van der Waals surface area contributed by atoms with E-state index < -0.39 is 6.04 Å². The fourth-order valence-corrected chi connectivity index (χ4v) is 4.29. The van der Waals surface area contributed by atoms with Crippen LogP contribution in [0.4, 0.5) is 0 Å². The highest BCUT2D eigenvalue weighted by Gasteiger charge is 2.32. The number of hydrogen-bond donors (Lipinski definition) is 1. The first kappa shape index (κ1) is 20.5. The lowest BCUT2D eigenvalue weighted by Gasteiger charge is -2.28. The molecule has 1 fully saturated rings. The number of nitrogens with one attached hydrogen (secondary N) is 1. The van der Waals surface area contributed by atoms with Crippen molar-refractivity contribution in [3.05, 3.63) is 58.6 Å². The van der Waals surface area contributed by atoms with Crippen LogP contribution in [0, 0.1) is 0 Å². The lowest BCUT2D eigenvalue weighted by Crippen LogP contribution is -2.35. The summed E-state index contributed by atoms with van der Waals surface area (Å²) < 4.78 is 11.3. The minimum absolute atomic E-state index is 0.00322. The Labute approximate surface area is 181 Å². The first-order valence-electron chi connectivity index (χ1n) is 10.2. The number of hydrogen-bond acceptors (Lipinski definition) is 4. The predicted octanol–water partition coefficient (Wildman–Crippen LogP) is 4.04. The number of rotatable bonds is 5. The van der Waals surface area contributed by atoms with Gasteiger partial charge in [0.1, 0.15) is 13.2 Å². The molecule has 0 saturated carbocycles. The van der Waals surface area contributed by atoms with Crippen molar-refractivity contribution in [2.75, 3.05) is 19.8 Å². The maximum Gasteiger partial charge on any atom is 0.225 e. The van der Waals surface area contributed by atoms with E-state index in [0.717, 1.165) is 35.5 Å². The van der Waals surface area contributed by atoms with Crippen LogP contribution in [0.15, 0.2) is 42.5 Å². The molecule has 30 heavy (non-hydrogen) atoms. The molecule has 2 aromatic carbocycles. The predicted molar refractivity (Wildman–Crippen MR) is 114 cm³/mol. The van der Waals surface area contributed by atoms with E-state index in [4.69, 9.17) is 21.1 Å². The Morgan fingerprint density at radius 3 is 2.60 bits per heavy atom. The van der Waals surface area contributed by atoms with Gasteiger partial charge in [0, 0.05) is 18.5 Å². The van der Waals surface area contributed by atoms with Gasteiger partial charge in [-0.3, -0.25) is 9.59 Å². The SMILES string of the molecule is CC(=O)N[C@H](CC(=O)N1CCC[C@@H]1c1ccc2c(c1)OCCO2)c1ccc(Cl)cc1. The second kappa shape index (κ2) is 8.96. The van der Waals surface area contributed by atoms with Crippen LogP contribution in [0.5, 0.6) is 11.5 Å². The molecule has 6 nitrogen and oxygen atoms in total. The van der Waals surface area contributed by atoms with Crippen LogP contribution in [-0.4, -0.2) is 36.5 Å². The second-order valence-electron chi connectivity index (χ2n) is 7.66. The van der Waals surface area contributed by atoms with Crippen LogP contribution < -0.4 is 14.8 Å². The van der Waals surface area contributed by atoms with Gasteiger partial charge in [0.15, 0.2) is 11.5 Å². The Balaban J connectivity index is 1.52. The average Bonchev–Trinajstić information content (AvgIpc) is 3.23. The van der Waals surface area contributed by atoms with E-state index in [0.29, 0.717) is 24.8 Å². The molecule has 2 heterocycles. The zero-order valence-electron chi connectivity index (χ0n) is 16.9. The van der Waals surface area contributed by atoms with Gasteiger partial charge in [-0.25, -0.2) is 0 Å². The first-order valence-corrected chi connectivity index (χ1v) is 10.6. The van der Waals surface area contributed by atoms with Crippen molar-refractivity contribution in [1.29, 1.82) is 0 Å². The molecule has 2 aliphatic rings. The van der Waals surface area contributed by atoms with Crippen LogP contribution in [0.1, 0.15) is 49.4 Å². The maximum atomic E-state index is 13.2. The van der Waals surface area contributed by atoms with Crippen LogP contribution >= 0.6 is 11.6 Å².